The molecule has 1 fully saturated rings. The molecule has 0 unspecified atom stereocenters. The van der Waals surface area contributed by atoms with Gasteiger partial charge in [-0.3, -0.25) is 0 Å². The number of hydrogen-bond donors (Lipinski definition) is 0. The molecule has 0 saturated heterocycles. The predicted octanol–water partition coefficient (Wildman–Crippen LogP) is 5.99. The van der Waals surface area contributed by atoms with Crippen LogP contribution in [0.5, 0.6) is 0 Å². The van der Waals surface area contributed by atoms with Gasteiger partial charge in [-0.25, -0.2) is 19.4 Å². The van der Waals surface area contributed by atoms with E-state index in [1.165, 1.54) is 32.1 Å². The van der Waals surface area contributed by atoms with Crippen LogP contribution < -0.4 is 0 Å². The SMILES string of the molecule is CCCCCCCCCCC(=O)OOC(=O)C1(C(C)C)CCC(C)CC1.[Na]. The number of rotatable bonds is 11. The van der Waals surface area contributed by atoms with Gasteiger partial charge in [0.05, 0.1) is 11.8 Å². The molecule has 0 amide bonds. The predicted molar refractivity (Wildman–Crippen MR) is 110 cm³/mol. The van der Waals surface area contributed by atoms with Gasteiger partial charge in [-0.05, 0) is 43.9 Å². The molecule has 1 rings (SSSR count). The van der Waals surface area contributed by atoms with Crippen molar-refractivity contribution in [3.63, 3.8) is 0 Å². The van der Waals surface area contributed by atoms with E-state index < -0.39 is 11.4 Å². The number of hydrogen-bond acceptors (Lipinski definition) is 4. The molecule has 1 saturated carbocycles. The van der Waals surface area contributed by atoms with Crippen molar-refractivity contribution in [2.24, 2.45) is 17.3 Å². The maximum Gasteiger partial charge on any atom is 0.361 e. The number of carbonyl (C=O) groups is 2. The van der Waals surface area contributed by atoms with Gasteiger partial charge in [0.25, 0.3) is 0 Å². The van der Waals surface area contributed by atoms with Crippen LogP contribution in [0, 0.1) is 17.3 Å². The monoisotopic (exact) mass is 391 g/mol. The van der Waals surface area contributed by atoms with Crippen molar-refractivity contribution in [3.8, 4) is 0 Å². The van der Waals surface area contributed by atoms with Crippen molar-refractivity contribution in [2.75, 3.05) is 0 Å². The molecule has 0 aromatic heterocycles. The van der Waals surface area contributed by atoms with Gasteiger partial charge in [0.1, 0.15) is 0 Å². The Bertz CT molecular complexity index is 415. The standard InChI is InChI=1S/C22H40O4.Na/c1-5-6-7-8-9-10-11-12-13-20(23)25-26-21(24)22(18(2)3)16-14-19(4)15-17-22;/h18-19H,5-17H2,1-4H3;. The second-order valence-corrected chi connectivity index (χ2v) is 8.54. The van der Waals surface area contributed by atoms with Crippen molar-refractivity contribution < 1.29 is 19.4 Å². The minimum absolute atomic E-state index is 0. The Morgan fingerprint density at radius 3 is 1.96 bits per heavy atom. The molecular formula is C22H40NaO4. The second-order valence-electron chi connectivity index (χ2n) is 8.54. The molecule has 0 aromatic rings. The first-order chi connectivity index (χ1) is 12.4. The summed E-state index contributed by atoms with van der Waals surface area (Å²) in [5.74, 6) is 0.0594. The average Bonchev–Trinajstić information content (AvgIpc) is 2.62. The molecule has 0 spiro atoms. The summed E-state index contributed by atoms with van der Waals surface area (Å²) < 4.78 is 0. The zero-order chi connectivity index (χ0) is 19.4. The van der Waals surface area contributed by atoms with Gasteiger partial charge in [0, 0.05) is 29.6 Å². The molecule has 0 aliphatic heterocycles. The van der Waals surface area contributed by atoms with Crippen LogP contribution in [-0.4, -0.2) is 41.5 Å². The van der Waals surface area contributed by atoms with Crippen molar-refractivity contribution in [1.82, 2.24) is 0 Å². The summed E-state index contributed by atoms with van der Waals surface area (Å²) in [6.07, 6.45) is 13.4. The van der Waals surface area contributed by atoms with Crippen molar-refractivity contribution >= 4 is 41.5 Å². The van der Waals surface area contributed by atoms with E-state index in [9.17, 15) is 9.59 Å². The van der Waals surface area contributed by atoms with E-state index in [-0.39, 0.29) is 41.4 Å². The van der Waals surface area contributed by atoms with Gasteiger partial charge >= 0.3 is 11.9 Å². The molecule has 5 heteroatoms. The Kier molecular flexibility index (Phi) is 14.8. The van der Waals surface area contributed by atoms with Crippen LogP contribution in [0.4, 0.5) is 0 Å². The largest absolute Gasteiger partial charge is 0.361 e. The van der Waals surface area contributed by atoms with E-state index in [1.54, 1.807) is 0 Å². The molecule has 0 aromatic carbocycles. The molecule has 27 heavy (non-hydrogen) atoms. The maximum atomic E-state index is 12.6. The van der Waals surface area contributed by atoms with Gasteiger partial charge < -0.3 is 0 Å². The summed E-state index contributed by atoms with van der Waals surface area (Å²) in [5.41, 5.74) is -0.495. The Balaban J connectivity index is 0.00000676. The van der Waals surface area contributed by atoms with Crippen LogP contribution in [-0.2, 0) is 19.4 Å². The van der Waals surface area contributed by atoms with Gasteiger partial charge in [-0.15, -0.1) is 0 Å². The molecule has 0 heterocycles. The van der Waals surface area contributed by atoms with Crippen LogP contribution in [0.2, 0.25) is 0 Å². The van der Waals surface area contributed by atoms with Crippen LogP contribution in [0.25, 0.3) is 0 Å². The average molecular weight is 392 g/mol. The van der Waals surface area contributed by atoms with Gasteiger partial charge in [0.15, 0.2) is 0 Å². The summed E-state index contributed by atoms with van der Waals surface area (Å²) in [6.45, 7) is 8.55. The Hall–Kier alpha value is -0.0600. The maximum absolute atomic E-state index is 12.6. The molecule has 1 aliphatic carbocycles. The van der Waals surface area contributed by atoms with Crippen LogP contribution in [0.15, 0.2) is 0 Å². The van der Waals surface area contributed by atoms with E-state index in [4.69, 9.17) is 9.78 Å². The zero-order valence-electron chi connectivity index (χ0n) is 18.5. The minimum atomic E-state index is -0.495. The third kappa shape index (κ3) is 9.80. The second kappa shape index (κ2) is 14.9. The fraction of sp³-hybridized carbons (Fsp3) is 0.909. The summed E-state index contributed by atoms with van der Waals surface area (Å²) >= 11 is 0. The van der Waals surface area contributed by atoms with Gasteiger partial charge in [0.2, 0.25) is 0 Å². The molecule has 0 bridgehead atoms. The van der Waals surface area contributed by atoms with Crippen LogP contribution in [0.3, 0.4) is 0 Å². The molecule has 1 aliphatic rings. The molecule has 0 atom stereocenters. The van der Waals surface area contributed by atoms with Gasteiger partial charge in [-0.2, -0.15) is 0 Å². The molecule has 153 valence electrons. The Morgan fingerprint density at radius 1 is 0.926 bits per heavy atom. The van der Waals surface area contributed by atoms with E-state index in [1.807, 2.05) is 0 Å². The summed E-state index contributed by atoms with van der Waals surface area (Å²) in [5, 5.41) is 0. The molecule has 4 nitrogen and oxygen atoms in total. The fourth-order valence-corrected chi connectivity index (χ4v) is 3.91. The first-order valence-corrected chi connectivity index (χ1v) is 10.8. The quantitative estimate of drug-likeness (QED) is 0.188. The zero-order valence-corrected chi connectivity index (χ0v) is 20.5. The van der Waals surface area contributed by atoms with Crippen molar-refractivity contribution in [3.05, 3.63) is 0 Å². The van der Waals surface area contributed by atoms with Crippen molar-refractivity contribution in [2.45, 2.75) is 111 Å². The Morgan fingerprint density at radius 2 is 1.44 bits per heavy atom. The first kappa shape index (κ1) is 26.9. The Labute approximate surface area is 188 Å². The summed E-state index contributed by atoms with van der Waals surface area (Å²) in [4.78, 5) is 34.2. The van der Waals surface area contributed by atoms with Crippen molar-refractivity contribution in [1.29, 1.82) is 0 Å². The first-order valence-electron chi connectivity index (χ1n) is 10.8. The minimum Gasteiger partial charge on any atom is -0.247 e. The van der Waals surface area contributed by atoms with E-state index in [0.717, 1.165) is 44.9 Å². The van der Waals surface area contributed by atoms with E-state index >= 15 is 0 Å². The topological polar surface area (TPSA) is 52.6 Å². The third-order valence-corrected chi connectivity index (χ3v) is 6.12. The molecular weight excluding hydrogens is 351 g/mol. The summed E-state index contributed by atoms with van der Waals surface area (Å²) in [6, 6.07) is 0. The molecule has 1 radical (unpaired) electrons. The van der Waals surface area contributed by atoms with E-state index in [2.05, 4.69) is 27.7 Å². The molecule has 0 N–H and O–H groups in total. The van der Waals surface area contributed by atoms with Crippen LogP contribution in [0.1, 0.15) is 111 Å². The normalized spacial score (nSPS) is 22.2. The third-order valence-electron chi connectivity index (χ3n) is 6.12. The fourth-order valence-electron chi connectivity index (χ4n) is 3.91. The number of carbonyl (C=O) groups excluding carboxylic acids is 2. The summed E-state index contributed by atoms with van der Waals surface area (Å²) in [7, 11) is 0. The van der Waals surface area contributed by atoms with Gasteiger partial charge in [-0.1, -0.05) is 72.6 Å². The number of unbranched alkanes of at least 4 members (excludes halogenated alkanes) is 7. The van der Waals surface area contributed by atoms with E-state index in [0.29, 0.717) is 12.3 Å². The smallest absolute Gasteiger partial charge is 0.247 e. The van der Waals surface area contributed by atoms with Crippen LogP contribution >= 0.6 is 0 Å².